The first-order valence-corrected chi connectivity index (χ1v) is 6.09. The number of likely N-dealkylation sites (tertiary alicyclic amines) is 1. The zero-order valence-electron chi connectivity index (χ0n) is 9.93. The fourth-order valence-corrected chi connectivity index (χ4v) is 2.21. The standard InChI is InChI=1S/C12H17N3OS/c1-16-10-3-5-15(8-10)7-9-2-4-14-11(6-9)12(13)17/h2,4,6,10H,3,5,7-8H2,1H3,(H2,13,17). The second-order valence-electron chi connectivity index (χ2n) is 4.30. The van der Waals surface area contributed by atoms with Crippen molar-refractivity contribution in [1.82, 2.24) is 9.88 Å². The van der Waals surface area contributed by atoms with E-state index >= 15 is 0 Å². The molecule has 1 atom stereocenters. The van der Waals surface area contributed by atoms with Crippen LogP contribution in [0.1, 0.15) is 17.7 Å². The highest BCUT2D eigenvalue weighted by Gasteiger charge is 2.21. The Kier molecular flexibility index (Phi) is 4.04. The molecule has 2 rings (SSSR count). The van der Waals surface area contributed by atoms with Gasteiger partial charge < -0.3 is 10.5 Å². The molecule has 0 saturated carbocycles. The molecule has 0 spiro atoms. The maximum absolute atomic E-state index is 5.57. The maximum atomic E-state index is 5.57. The van der Waals surface area contributed by atoms with Gasteiger partial charge in [0, 0.05) is 32.9 Å². The molecule has 17 heavy (non-hydrogen) atoms. The van der Waals surface area contributed by atoms with Crippen LogP contribution >= 0.6 is 12.2 Å². The first-order valence-electron chi connectivity index (χ1n) is 5.69. The SMILES string of the molecule is COC1CCN(Cc2ccnc(C(N)=S)c2)C1. The van der Waals surface area contributed by atoms with Crippen LogP contribution in [0.3, 0.4) is 0 Å². The van der Waals surface area contributed by atoms with Gasteiger partial charge in [0.1, 0.15) is 4.99 Å². The van der Waals surface area contributed by atoms with Crippen molar-refractivity contribution in [1.29, 1.82) is 0 Å². The molecule has 2 N–H and O–H groups in total. The van der Waals surface area contributed by atoms with Crippen LogP contribution in [0.15, 0.2) is 18.3 Å². The van der Waals surface area contributed by atoms with Crippen molar-refractivity contribution in [2.75, 3.05) is 20.2 Å². The largest absolute Gasteiger partial charge is 0.388 e. The smallest absolute Gasteiger partial charge is 0.122 e. The number of hydrogen-bond acceptors (Lipinski definition) is 4. The van der Waals surface area contributed by atoms with Gasteiger partial charge in [-0.05, 0) is 24.1 Å². The molecule has 92 valence electrons. The lowest BCUT2D eigenvalue weighted by atomic mass is 10.2. The van der Waals surface area contributed by atoms with E-state index in [1.807, 2.05) is 12.1 Å². The minimum absolute atomic E-state index is 0.350. The summed E-state index contributed by atoms with van der Waals surface area (Å²) >= 11 is 4.92. The van der Waals surface area contributed by atoms with E-state index in [9.17, 15) is 0 Å². The Morgan fingerprint density at radius 3 is 3.18 bits per heavy atom. The number of thiocarbonyl (C=S) groups is 1. The molecule has 2 heterocycles. The number of hydrogen-bond donors (Lipinski definition) is 1. The quantitative estimate of drug-likeness (QED) is 0.807. The number of methoxy groups -OCH3 is 1. The fraction of sp³-hybridized carbons (Fsp3) is 0.500. The molecule has 0 aromatic carbocycles. The summed E-state index contributed by atoms with van der Waals surface area (Å²) in [4.78, 5) is 6.85. The summed E-state index contributed by atoms with van der Waals surface area (Å²) in [5.74, 6) is 0. The fourth-order valence-electron chi connectivity index (χ4n) is 2.10. The summed E-state index contributed by atoms with van der Waals surface area (Å²) in [6.07, 6.45) is 3.23. The topological polar surface area (TPSA) is 51.4 Å². The van der Waals surface area contributed by atoms with Crippen molar-refractivity contribution >= 4 is 17.2 Å². The minimum atomic E-state index is 0.350. The van der Waals surface area contributed by atoms with E-state index in [4.69, 9.17) is 22.7 Å². The Hall–Kier alpha value is -1.04. The van der Waals surface area contributed by atoms with Crippen LogP contribution in [-0.4, -0.2) is 41.2 Å². The number of nitrogens with zero attached hydrogens (tertiary/aromatic N) is 2. The van der Waals surface area contributed by atoms with E-state index in [0.717, 1.165) is 26.1 Å². The summed E-state index contributed by atoms with van der Waals surface area (Å²) < 4.78 is 5.35. The number of ether oxygens (including phenoxy) is 1. The second kappa shape index (κ2) is 5.53. The highest BCUT2D eigenvalue weighted by Crippen LogP contribution is 2.15. The van der Waals surface area contributed by atoms with Gasteiger partial charge in [-0.1, -0.05) is 12.2 Å². The van der Waals surface area contributed by atoms with E-state index in [0.29, 0.717) is 16.8 Å². The van der Waals surface area contributed by atoms with Crippen molar-refractivity contribution < 1.29 is 4.74 Å². The average Bonchev–Trinajstić information content (AvgIpc) is 2.77. The first kappa shape index (κ1) is 12.4. The number of rotatable bonds is 4. The Morgan fingerprint density at radius 2 is 2.53 bits per heavy atom. The third-order valence-corrected chi connectivity index (χ3v) is 3.25. The lowest BCUT2D eigenvalue weighted by Gasteiger charge is -2.15. The van der Waals surface area contributed by atoms with Gasteiger partial charge in [0.25, 0.3) is 0 Å². The molecule has 0 bridgehead atoms. The van der Waals surface area contributed by atoms with Crippen molar-refractivity contribution in [2.24, 2.45) is 5.73 Å². The highest BCUT2D eigenvalue weighted by molar-refractivity contribution is 7.80. The third-order valence-electron chi connectivity index (χ3n) is 3.05. The summed E-state index contributed by atoms with van der Waals surface area (Å²) in [5, 5.41) is 0. The summed E-state index contributed by atoms with van der Waals surface area (Å²) in [6.45, 7) is 2.96. The van der Waals surface area contributed by atoms with Crippen LogP contribution in [0.5, 0.6) is 0 Å². The van der Waals surface area contributed by atoms with E-state index in [-0.39, 0.29) is 0 Å². The molecule has 1 aromatic rings. The molecular weight excluding hydrogens is 234 g/mol. The minimum Gasteiger partial charge on any atom is -0.388 e. The van der Waals surface area contributed by atoms with Gasteiger partial charge in [0.05, 0.1) is 11.8 Å². The van der Waals surface area contributed by atoms with Crippen LogP contribution in [0.4, 0.5) is 0 Å². The predicted octanol–water partition coefficient (Wildman–Crippen LogP) is 0.937. The van der Waals surface area contributed by atoms with E-state index in [1.54, 1.807) is 13.3 Å². The van der Waals surface area contributed by atoms with Crippen molar-refractivity contribution in [3.63, 3.8) is 0 Å². The van der Waals surface area contributed by atoms with Gasteiger partial charge in [0.15, 0.2) is 0 Å². The van der Waals surface area contributed by atoms with E-state index in [2.05, 4.69) is 9.88 Å². The van der Waals surface area contributed by atoms with Crippen molar-refractivity contribution in [3.8, 4) is 0 Å². The lowest BCUT2D eigenvalue weighted by Crippen LogP contribution is -2.22. The van der Waals surface area contributed by atoms with Crippen molar-refractivity contribution in [2.45, 2.75) is 19.1 Å². The number of pyridine rings is 1. The monoisotopic (exact) mass is 251 g/mol. The molecular formula is C12H17N3OS. The highest BCUT2D eigenvalue weighted by atomic mass is 32.1. The summed E-state index contributed by atoms with van der Waals surface area (Å²) in [6, 6.07) is 3.96. The predicted molar refractivity (Wildman–Crippen MR) is 70.8 cm³/mol. The van der Waals surface area contributed by atoms with Crippen LogP contribution in [0.2, 0.25) is 0 Å². The Bertz CT molecular complexity index is 410. The Morgan fingerprint density at radius 1 is 1.71 bits per heavy atom. The molecule has 1 aromatic heterocycles. The van der Waals surface area contributed by atoms with Gasteiger partial charge in [0.2, 0.25) is 0 Å². The zero-order valence-corrected chi connectivity index (χ0v) is 10.7. The average molecular weight is 251 g/mol. The molecule has 1 fully saturated rings. The molecule has 0 amide bonds. The normalized spacial score (nSPS) is 20.6. The Labute approximate surface area is 107 Å². The van der Waals surface area contributed by atoms with Gasteiger partial charge in [-0.2, -0.15) is 0 Å². The van der Waals surface area contributed by atoms with Gasteiger partial charge in [-0.3, -0.25) is 9.88 Å². The number of aromatic nitrogens is 1. The Balaban J connectivity index is 1.99. The van der Waals surface area contributed by atoms with E-state index in [1.165, 1.54) is 5.56 Å². The molecule has 5 heteroatoms. The van der Waals surface area contributed by atoms with Gasteiger partial charge in [-0.15, -0.1) is 0 Å². The van der Waals surface area contributed by atoms with Crippen LogP contribution < -0.4 is 5.73 Å². The first-order chi connectivity index (χ1) is 8.19. The van der Waals surface area contributed by atoms with Gasteiger partial charge in [-0.25, -0.2) is 0 Å². The number of nitrogens with two attached hydrogens (primary N) is 1. The molecule has 0 radical (unpaired) electrons. The van der Waals surface area contributed by atoms with E-state index < -0.39 is 0 Å². The molecule has 1 aliphatic heterocycles. The molecule has 0 aliphatic carbocycles. The van der Waals surface area contributed by atoms with Crippen LogP contribution in [-0.2, 0) is 11.3 Å². The molecule has 4 nitrogen and oxygen atoms in total. The maximum Gasteiger partial charge on any atom is 0.122 e. The summed E-state index contributed by atoms with van der Waals surface area (Å²) in [7, 11) is 1.77. The lowest BCUT2D eigenvalue weighted by molar-refractivity contribution is 0.107. The van der Waals surface area contributed by atoms with Crippen LogP contribution in [0, 0.1) is 0 Å². The third kappa shape index (κ3) is 3.21. The van der Waals surface area contributed by atoms with Gasteiger partial charge >= 0.3 is 0 Å². The van der Waals surface area contributed by atoms with Crippen LogP contribution in [0.25, 0.3) is 0 Å². The molecule has 1 unspecified atom stereocenters. The van der Waals surface area contributed by atoms with Crippen molar-refractivity contribution in [3.05, 3.63) is 29.6 Å². The molecule has 1 aliphatic rings. The summed E-state index contributed by atoms with van der Waals surface area (Å²) in [5.41, 5.74) is 7.46. The zero-order chi connectivity index (χ0) is 12.3. The second-order valence-corrected chi connectivity index (χ2v) is 4.73. The molecule has 1 saturated heterocycles.